The third kappa shape index (κ3) is 7.49. The second-order valence-corrected chi connectivity index (χ2v) is 10.4. The second-order valence-electron chi connectivity index (χ2n) is 8.09. The maximum absolute atomic E-state index is 14.5. The lowest BCUT2D eigenvalue weighted by Gasteiger charge is -2.18. The molecule has 35 heavy (non-hydrogen) atoms. The molecule has 0 aliphatic rings. The van der Waals surface area contributed by atoms with Crippen LogP contribution in [-0.2, 0) is 21.1 Å². The number of amides is 1. The zero-order chi connectivity index (χ0) is 24.9. The molecule has 5 nitrogen and oxygen atoms in total. The number of Topliss-reactive ketones (excluding diaryl/α,β-unsaturated/α-hetero) is 1. The highest BCUT2D eigenvalue weighted by Crippen LogP contribution is 2.25. The first-order chi connectivity index (χ1) is 17.0. The summed E-state index contributed by atoms with van der Waals surface area (Å²) in [4.78, 5) is 26.7. The number of carbonyl (C=O) groups is 2. The molecule has 0 saturated heterocycles. The normalized spacial score (nSPS) is 13.6. The Labute approximate surface area is 208 Å². The topological polar surface area (TPSA) is 72.8 Å². The Hall–Kier alpha value is -3.51. The number of unbranched alkanes of at least 4 members (excludes halogenated alkanes) is 3. The fraction of sp³-hybridized carbons (Fsp3) is 0.241. The van der Waals surface area contributed by atoms with Crippen LogP contribution in [0.5, 0.6) is 0 Å². The van der Waals surface area contributed by atoms with Crippen LogP contribution in [0.4, 0.5) is 4.79 Å². The number of benzene rings is 3. The van der Waals surface area contributed by atoms with E-state index in [-0.39, 0.29) is 12.4 Å². The van der Waals surface area contributed by atoms with E-state index in [9.17, 15) is 13.8 Å². The average molecular weight is 490 g/mol. The van der Waals surface area contributed by atoms with E-state index in [1.54, 1.807) is 60.7 Å². The Morgan fingerprint density at radius 1 is 0.886 bits per heavy atom. The molecule has 0 N–H and O–H groups in total. The first-order valence-electron chi connectivity index (χ1n) is 11.8. The number of hydrogen-bond acceptors (Lipinski definition) is 4. The van der Waals surface area contributed by atoms with E-state index in [0.717, 1.165) is 31.2 Å². The van der Waals surface area contributed by atoms with E-state index >= 15 is 0 Å². The van der Waals surface area contributed by atoms with Crippen LogP contribution in [-0.4, -0.2) is 21.3 Å². The Balaban J connectivity index is 2.02. The van der Waals surface area contributed by atoms with Crippen molar-refractivity contribution in [2.24, 2.45) is 4.36 Å². The van der Waals surface area contributed by atoms with Gasteiger partial charge in [0.05, 0.1) is 0 Å². The minimum atomic E-state index is -3.54. The van der Waals surface area contributed by atoms with Crippen molar-refractivity contribution < 1.29 is 18.5 Å². The maximum Gasteiger partial charge on any atom is 0.442 e. The summed E-state index contributed by atoms with van der Waals surface area (Å²) in [5.74, 6) is -0.356. The Bertz CT molecular complexity index is 1230. The van der Waals surface area contributed by atoms with Crippen LogP contribution < -0.4 is 0 Å². The van der Waals surface area contributed by atoms with Crippen molar-refractivity contribution in [3.8, 4) is 0 Å². The largest absolute Gasteiger partial charge is 0.443 e. The minimum absolute atomic E-state index is 0.00234. The molecule has 2 atom stereocenters. The molecule has 0 heterocycles. The predicted molar refractivity (Wildman–Crippen MR) is 140 cm³/mol. The standard InChI is InChI=1S/C29H31NO4S/c1-2-3-4-5-15-22-27(28(31)25-18-11-7-12-19-25)35(33,26-20-13-8-14-21-26)30-29(32)34-23-24-16-9-6-10-17-24/h6-22,27H,2-5,23H2,1H3/b22-15+. The highest BCUT2D eigenvalue weighted by molar-refractivity contribution is 7.95. The number of hydrogen-bond donors (Lipinski definition) is 0. The summed E-state index contributed by atoms with van der Waals surface area (Å²) >= 11 is 0. The van der Waals surface area contributed by atoms with Gasteiger partial charge in [0.2, 0.25) is 0 Å². The maximum atomic E-state index is 14.5. The van der Waals surface area contributed by atoms with Gasteiger partial charge < -0.3 is 4.74 Å². The number of ether oxygens (including phenoxy) is 1. The SMILES string of the molecule is CCCCC/C=C/C(C(=O)c1ccccc1)S(=O)(=NC(=O)OCc1ccccc1)c1ccccc1. The fourth-order valence-electron chi connectivity index (χ4n) is 3.57. The van der Waals surface area contributed by atoms with E-state index in [2.05, 4.69) is 11.3 Å². The number of allylic oxidation sites excluding steroid dienone is 1. The zero-order valence-corrected chi connectivity index (χ0v) is 20.7. The highest BCUT2D eigenvalue weighted by atomic mass is 32.2. The van der Waals surface area contributed by atoms with E-state index < -0.39 is 21.1 Å². The van der Waals surface area contributed by atoms with Crippen molar-refractivity contribution in [1.82, 2.24) is 0 Å². The van der Waals surface area contributed by atoms with Crippen molar-refractivity contribution in [1.29, 1.82) is 0 Å². The average Bonchev–Trinajstić information content (AvgIpc) is 2.90. The summed E-state index contributed by atoms with van der Waals surface area (Å²) in [6, 6.07) is 26.3. The van der Waals surface area contributed by atoms with E-state index in [1.807, 2.05) is 42.5 Å². The highest BCUT2D eigenvalue weighted by Gasteiger charge is 2.32. The van der Waals surface area contributed by atoms with Gasteiger partial charge in [0.15, 0.2) is 5.78 Å². The smallest absolute Gasteiger partial charge is 0.442 e. The summed E-state index contributed by atoms with van der Waals surface area (Å²) < 4.78 is 23.9. The summed E-state index contributed by atoms with van der Waals surface area (Å²) in [5, 5.41) is -1.14. The van der Waals surface area contributed by atoms with Crippen molar-refractivity contribution in [2.45, 2.75) is 49.4 Å². The third-order valence-electron chi connectivity index (χ3n) is 5.44. The van der Waals surface area contributed by atoms with Crippen molar-refractivity contribution in [2.75, 3.05) is 0 Å². The van der Waals surface area contributed by atoms with Crippen molar-refractivity contribution >= 4 is 21.6 Å². The Morgan fingerprint density at radius 2 is 1.49 bits per heavy atom. The molecule has 0 aliphatic carbocycles. The molecule has 3 rings (SSSR count). The molecule has 0 radical (unpaired) electrons. The molecule has 182 valence electrons. The molecule has 0 bridgehead atoms. The summed E-state index contributed by atoms with van der Waals surface area (Å²) in [5.41, 5.74) is 1.20. The lowest BCUT2D eigenvalue weighted by atomic mass is 10.1. The van der Waals surface area contributed by atoms with Crippen LogP contribution in [0, 0.1) is 0 Å². The lowest BCUT2D eigenvalue weighted by Crippen LogP contribution is -2.29. The molecule has 6 heteroatoms. The van der Waals surface area contributed by atoms with Crippen LogP contribution in [0.25, 0.3) is 0 Å². The number of carbonyl (C=O) groups excluding carboxylic acids is 2. The molecule has 0 aliphatic heterocycles. The predicted octanol–water partition coefficient (Wildman–Crippen LogP) is 7.24. The monoisotopic (exact) mass is 489 g/mol. The first kappa shape index (κ1) is 26.1. The second kappa shape index (κ2) is 13.4. The van der Waals surface area contributed by atoms with Gasteiger partial charge in [-0.1, -0.05) is 111 Å². The summed E-state index contributed by atoms with van der Waals surface area (Å²) in [7, 11) is -3.54. The molecule has 0 saturated carbocycles. The first-order valence-corrected chi connectivity index (χ1v) is 13.4. The molecule has 3 aromatic rings. The third-order valence-corrected chi connectivity index (χ3v) is 7.87. The van der Waals surface area contributed by atoms with Gasteiger partial charge in [-0.25, -0.2) is 9.00 Å². The van der Waals surface area contributed by atoms with Crippen molar-refractivity contribution in [3.63, 3.8) is 0 Å². The minimum Gasteiger partial charge on any atom is -0.443 e. The van der Waals surface area contributed by atoms with Crippen LogP contribution in [0.2, 0.25) is 0 Å². The lowest BCUT2D eigenvalue weighted by molar-refractivity contribution is 0.0999. The molecule has 0 fully saturated rings. The molecule has 0 aromatic heterocycles. The van der Waals surface area contributed by atoms with Gasteiger partial charge in [-0.2, -0.15) is 0 Å². The fourth-order valence-corrected chi connectivity index (χ4v) is 5.65. The molecular weight excluding hydrogens is 458 g/mol. The van der Waals surface area contributed by atoms with Gasteiger partial charge >= 0.3 is 6.09 Å². The molecule has 0 spiro atoms. The van der Waals surface area contributed by atoms with Gasteiger partial charge in [0.1, 0.15) is 21.6 Å². The molecular formula is C29H31NO4S. The summed E-state index contributed by atoms with van der Waals surface area (Å²) in [6.07, 6.45) is 6.39. The number of rotatable bonds is 11. The van der Waals surface area contributed by atoms with Crippen LogP contribution in [0.15, 0.2) is 112 Å². The quantitative estimate of drug-likeness (QED) is 0.162. The van der Waals surface area contributed by atoms with Gasteiger partial charge in [-0.05, 0) is 30.5 Å². The summed E-state index contributed by atoms with van der Waals surface area (Å²) in [6.45, 7) is 2.12. The van der Waals surface area contributed by atoms with Gasteiger partial charge in [-0.15, -0.1) is 4.36 Å². The van der Waals surface area contributed by atoms with Crippen LogP contribution >= 0.6 is 0 Å². The Kier molecular flexibility index (Phi) is 9.99. The molecule has 3 aromatic carbocycles. The van der Waals surface area contributed by atoms with Crippen LogP contribution in [0.1, 0.15) is 48.5 Å². The van der Waals surface area contributed by atoms with E-state index in [1.165, 1.54) is 0 Å². The Morgan fingerprint density at radius 3 is 2.11 bits per heavy atom. The van der Waals surface area contributed by atoms with E-state index in [4.69, 9.17) is 4.74 Å². The number of nitrogens with zero attached hydrogens (tertiary/aromatic N) is 1. The van der Waals surface area contributed by atoms with Gasteiger partial charge in [-0.3, -0.25) is 4.79 Å². The molecule has 1 amide bonds. The van der Waals surface area contributed by atoms with Crippen molar-refractivity contribution in [3.05, 3.63) is 114 Å². The van der Waals surface area contributed by atoms with Gasteiger partial charge in [0, 0.05) is 10.5 Å². The number of ketones is 1. The van der Waals surface area contributed by atoms with Crippen LogP contribution in [0.3, 0.4) is 0 Å². The zero-order valence-electron chi connectivity index (χ0n) is 19.9. The molecule has 2 unspecified atom stereocenters. The van der Waals surface area contributed by atoms with E-state index in [0.29, 0.717) is 10.5 Å². The van der Waals surface area contributed by atoms with Gasteiger partial charge in [0.25, 0.3) is 0 Å².